The molecule has 0 aliphatic carbocycles. The molecule has 22 heavy (non-hydrogen) atoms. The number of nitrogens with zero attached hydrogens (tertiary/aromatic N) is 4. The summed E-state index contributed by atoms with van der Waals surface area (Å²) in [4.78, 5) is 19.4. The van der Waals surface area contributed by atoms with Gasteiger partial charge in [-0.25, -0.2) is 0 Å². The maximum atomic E-state index is 13.0. The van der Waals surface area contributed by atoms with Crippen molar-refractivity contribution in [3.8, 4) is 0 Å². The molecule has 0 aromatic carbocycles. The van der Waals surface area contributed by atoms with Crippen molar-refractivity contribution in [3.05, 3.63) is 47.5 Å². The van der Waals surface area contributed by atoms with Crippen molar-refractivity contribution in [2.24, 2.45) is 0 Å². The molecule has 2 aliphatic heterocycles. The molecule has 0 spiro atoms. The van der Waals surface area contributed by atoms with E-state index in [1.165, 1.54) is 0 Å². The smallest absolute Gasteiger partial charge is 0.257 e. The summed E-state index contributed by atoms with van der Waals surface area (Å²) < 4.78 is 2.00. The van der Waals surface area contributed by atoms with Crippen molar-refractivity contribution < 1.29 is 4.79 Å². The van der Waals surface area contributed by atoms with E-state index >= 15 is 0 Å². The van der Waals surface area contributed by atoms with Crippen LogP contribution in [0.15, 0.2) is 30.6 Å². The highest BCUT2D eigenvalue weighted by molar-refractivity contribution is 5.95. The summed E-state index contributed by atoms with van der Waals surface area (Å²) in [6.45, 7) is 1.75. The Bertz CT molecular complexity index is 679. The number of pyridine rings is 1. The Morgan fingerprint density at radius 2 is 2.14 bits per heavy atom. The van der Waals surface area contributed by atoms with Gasteiger partial charge in [0.15, 0.2) is 0 Å². The first-order chi connectivity index (χ1) is 10.8. The molecule has 1 amide bonds. The average molecular weight is 296 g/mol. The topological polar surface area (TPSA) is 51.0 Å². The maximum absolute atomic E-state index is 13.0. The third-order valence-electron chi connectivity index (χ3n) is 4.76. The van der Waals surface area contributed by atoms with Crippen LogP contribution in [0.2, 0.25) is 0 Å². The highest BCUT2D eigenvalue weighted by Crippen LogP contribution is 2.32. The third-order valence-corrected chi connectivity index (χ3v) is 4.76. The normalized spacial score (nSPS) is 20.9. The number of aromatic nitrogens is 3. The molecule has 0 bridgehead atoms. The Labute approximate surface area is 130 Å². The number of fused-ring (bicyclic) bond motifs is 1. The second-order valence-corrected chi connectivity index (χ2v) is 6.10. The number of likely N-dealkylation sites (tertiary alicyclic amines) is 1. The lowest BCUT2D eigenvalue weighted by atomic mass is 10.1. The van der Waals surface area contributed by atoms with Gasteiger partial charge in [-0.1, -0.05) is 6.07 Å². The standard InChI is InChI=1S/C17H20N4O/c22-17(13-12-19-21-11-4-2-7-15(13)21)20-10-5-8-16(20)14-6-1-3-9-18-14/h1,3,6,9,12,16H,2,4-5,7-8,10-11H2/t16-/m0/s1. The zero-order valence-corrected chi connectivity index (χ0v) is 12.6. The van der Waals surface area contributed by atoms with Gasteiger partial charge in [-0.3, -0.25) is 14.5 Å². The molecule has 0 radical (unpaired) electrons. The van der Waals surface area contributed by atoms with Gasteiger partial charge in [-0.15, -0.1) is 0 Å². The summed E-state index contributed by atoms with van der Waals surface area (Å²) in [5, 5.41) is 4.40. The van der Waals surface area contributed by atoms with E-state index in [2.05, 4.69) is 10.1 Å². The number of rotatable bonds is 2. The van der Waals surface area contributed by atoms with Crippen LogP contribution in [0, 0.1) is 0 Å². The van der Waals surface area contributed by atoms with Crippen molar-refractivity contribution in [2.75, 3.05) is 6.54 Å². The predicted octanol–water partition coefficient (Wildman–Crippen LogP) is 2.59. The van der Waals surface area contributed by atoms with Crippen LogP contribution in [0.4, 0.5) is 0 Å². The minimum atomic E-state index is 0.104. The lowest BCUT2D eigenvalue weighted by Gasteiger charge is -2.25. The molecule has 2 aliphatic rings. The van der Waals surface area contributed by atoms with Gasteiger partial charge in [0.25, 0.3) is 5.91 Å². The van der Waals surface area contributed by atoms with Crippen LogP contribution in [0.5, 0.6) is 0 Å². The Morgan fingerprint density at radius 1 is 1.18 bits per heavy atom. The fraction of sp³-hybridized carbons (Fsp3) is 0.471. The minimum absolute atomic E-state index is 0.104. The number of carbonyl (C=O) groups excluding carboxylic acids is 1. The average Bonchev–Trinajstić information content (AvgIpc) is 3.22. The van der Waals surface area contributed by atoms with Crippen LogP contribution in [-0.4, -0.2) is 32.1 Å². The Hall–Kier alpha value is -2.17. The second-order valence-electron chi connectivity index (χ2n) is 6.10. The zero-order valence-electron chi connectivity index (χ0n) is 12.6. The molecule has 1 saturated heterocycles. The maximum Gasteiger partial charge on any atom is 0.257 e. The van der Waals surface area contributed by atoms with Crippen molar-refractivity contribution >= 4 is 5.91 Å². The van der Waals surface area contributed by atoms with Crippen LogP contribution < -0.4 is 0 Å². The molecule has 2 aromatic rings. The first kappa shape index (κ1) is 13.5. The molecular formula is C17H20N4O. The van der Waals surface area contributed by atoms with E-state index in [1.54, 1.807) is 12.4 Å². The lowest BCUT2D eigenvalue weighted by Crippen LogP contribution is -2.31. The molecule has 4 rings (SSSR count). The van der Waals surface area contributed by atoms with Crippen LogP contribution in [0.3, 0.4) is 0 Å². The zero-order chi connectivity index (χ0) is 14.9. The summed E-state index contributed by atoms with van der Waals surface area (Å²) in [6.07, 6.45) is 8.86. The molecule has 5 heteroatoms. The first-order valence-electron chi connectivity index (χ1n) is 8.11. The van der Waals surface area contributed by atoms with Gasteiger partial charge in [-0.2, -0.15) is 5.10 Å². The quantitative estimate of drug-likeness (QED) is 0.856. The van der Waals surface area contributed by atoms with Crippen molar-refractivity contribution in [2.45, 2.75) is 44.7 Å². The van der Waals surface area contributed by atoms with Gasteiger partial charge >= 0.3 is 0 Å². The second kappa shape index (κ2) is 5.55. The Kier molecular flexibility index (Phi) is 3.41. The molecule has 1 fully saturated rings. The monoisotopic (exact) mass is 296 g/mol. The molecule has 4 heterocycles. The minimum Gasteiger partial charge on any atom is -0.330 e. The number of aryl methyl sites for hydroxylation is 1. The van der Waals surface area contributed by atoms with Gasteiger partial charge in [-0.05, 0) is 44.2 Å². The van der Waals surface area contributed by atoms with Crippen molar-refractivity contribution in [1.82, 2.24) is 19.7 Å². The molecule has 0 unspecified atom stereocenters. The van der Waals surface area contributed by atoms with Crippen LogP contribution in [0.25, 0.3) is 0 Å². The molecule has 0 N–H and O–H groups in total. The fourth-order valence-corrected chi connectivity index (χ4v) is 3.64. The molecule has 114 valence electrons. The van der Waals surface area contributed by atoms with Crippen molar-refractivity contribution in [3.63, 3.8) is 0 Å². The van der Waals surface area contributed by atoms with Gasteiger partial charge < -0.3 is 4.90 Å². The summed E-state index contributed by atoms with van der Waals surface area (Å²) in [6, 6.07) is 6.03. The molecule has 1 atom stereocenters. The molecule has 5 nitrogen and oxygen atoms in total. The third kappa shape index (κ3) is 2.21. The predicted molar refractivity (Wildman–Crippen MR) is 82.4 cm³/mol. The van der Waals surface area contributed by atoms with Gasteiger partial charge in [0, 0.05) is 19.3 Å². The number of carbonyl (C=O) groups is 1. The summed E-state index contributed by atoms with van der Waals surface area (Å²) in [5.41, 5.74) is 2.90. The molecule has 0 saturated carbocycles. The van der Waals surface area contributed by atoms with Gasteiger partial charge in [0.2, 0.25) is 0 Å². The lowest BCUT2D eigenvalue weighted by molar-refractivity contribution is 0.0731. The van der Waals surface area contributed by atoms with Gasteiger partial charge in [0.05, 0.1) is 29.2 Å². The Morgan fingerprint density at radius 3 is 3.00 bits per heavy atom. The van der Waals surface area contributed by atoms with Crippen LogP contribution >= 0.6 is 0 Å². The summed E-state index contributed by atoms with van der Waals surface area (Å²) in [5.74, 6) is 0.122. The van der Waals surface area contributed by atoms with E-state index in [-0.39, 0.29) is 11.9 Å². The number of hydrogen-bond donors (Lipinski definition) is 0. The molecule has 2 aromatic heterocycles. The van der Waals surface area contributed by atoms with E-state index < -0.39 is 0 Å². The van der Waals surface area contributed by atoms with E-state index in [4.69, 9.17) is 0 Å². The van der Waals surface area contributed by atoms with E-state index in [9.17, 15) is 4.79 Å². The highest BCUT2D eigenvalue weighted by Gasteiger charge is 2.33. The highest BCUT2D eigenvalue weighted by atomic mass is 16.2. The molecular weight excluding hydrogens is 276 g/mol. The van der Waals surface area contributed by atoms with Crippen molar-refractivity contribution in [1.29, 1.82) is 0 Å². The Balaban J connectivity index is 1.63. The van der Waals surface area contributed by atoms with E-state index in [0.29, 0.717) is 0 Å². The van der Waals surface area contributed by atoms with E-state index in [1.807, 2.05) is 27.8 Å². The first-order valence-corrected chi connectivity index (χ1v) is 8.11. The van der Waals surface area contributed by atoms with Crippen LogP contribution in [-0.2, 0) is 13.0 Å². The van der Waals surface area contributed by atoms with Gasteiger partial charge in [0.1, 0.15) is 0 Å². The fourth-order valence-electron chi connectivity index (χ4n) is 3.64. The number of hydrogen-bond acceptors (Lipinski definition) is 3. The summed E-state index contributed by atoms with van der Waals surface area (Å²) in [7, 11) is 0. The SMILES string of the molecule is O=C(c1cnn2c1CCCC2)N1CCC[C@H]1c1ccccn1. The number of amides is 1. The van der Waals surface area contributed by atoms with Crippen LogP contribution in [0.1, 0.15) is 53.5 Å². The summed E-state index contributed by atoms with van der Waals surface area (Å²) >= 11 is 0. The largest absolute Gasteiger partial charge is 0.330 e. The van der Waals surface area contributed by atoms with E-state index in [0.717, 1.165) is 62.1 Å².